The van der Waals surface area contributed by atoms with E-state index in [0.717, 1.165) is 37.0 Å². The van der Waals surface area contributed by atoms with Crippen molar-refractivity contribution in [2.24, 2.45) is 0 Å². The van der Waals surface area contributed by atoms with Crippen LogP contribution in [0.4, 0.5) is 0 Å². The molecule has 48 heavy (non-hydrogen) atoms. The number of pyridine rings is 2. The summed E-state index contributed by atoms with van der Waals surface area (Å²) in [5.41, 5.74) is 1.65. The minimum Gasteiger partial charge on any atom is -0.420 e. The molecular weight excluding hydrogens is 806 g/mol. The van der Waals surface area contributed by atoms with Gasteiger partial charge in [0.25, 0.3) is 0 Å². The fraction of sp³-hybridized carbons (Fsp3) is 0. The Kier molecular flexibility index (Phi) is 8.64. The number of hydrogen-bond acceptors (Lipinski definition) is 4. The molecule has 0 spiro atoms. The molecule has 5 aromatic carbocycles. The van der Waals surface area contributed by atoms with Crippen molar-refractivity contribution in [1.29, 1.82) is 0 Å². The summed E-state index contributed by atoms with van der Waals surface area (Å²) >= 11 is 0. The van der Waals surface area contributed by atoms with Crippen LogP contribution in [0.15, 0.2) is 176 Å². The van der Waals surface area contributed by atoms with E-state index in [1.807, 2.05) is 158 Å². The maximum absolute atomic E-state index is 12.7. The fourth-order valence-electron chi connectivity index (χ4n) is 6.66. The molecule has 0 amide bonds. The van der Waals surface area contributed by atoms with Gasteiger partial charge in [0.2, 0.25) is 0 Å². The van der Waals surface area contributed by atoms with E-state index in [9.17, 15) is 9.59 Å². The molecule has 0 aliphatic carbocycles. The van der Waals surface area contributed by atoms with E-state index in [1.165, 1.54) is 0 Å². The normalized spacial score (nSPS) is 11.8. The molecule has 0 unspecified atom stereocenters. The first-order chi connectivity index (χ1) is 23.1. The molecule has 8 heteroatoms. The molecular formula is C40H31N3O2PtSi2. The Hall–Kier alpha value is -4.76. The second-order valence-electron chi connectivity index (χ2n) is 11.7. The number of para-hydroxylation sites is 1. The average molecular weight is 837 g/mol. The summed E-state index contributed by atoms with van der Waals surface area (Å²) < 4.78 is 2.06. The molecule has 8 aromatic rings. The number of benzene rings is 5. The van der Waals surface area contributed by atoms with Gasteiger partial charge in [-0.15, -0.1) is 0 Å². The second kappa shape index (κ2) is 13.0. The zero-order valence-corrected chi connectivity index (χ0v) is 30.1. The smallest absolute Gasteiger partial charge is 0.304 e. The SMILES string of the molecule is O[Si](c1ccccc1)(c1ccccc1)c1cccc(-n2c3ccccc3c3ccc([Si](O)(c4ccccc4)c4ccccc4)nc32)n1.[Pt]. The largest absolute Gasteiger partial charge is 0.420 e. The van der Waals surface area contributed by atoms with Crippen LogP contribution in [0.2, 0.25) is 0 Å². The maximum Gasteiger partial charge on any atom is 0.304 e. The van der Waals surface area contributed by atoms with E-state index >= 15 is 0 Å². The van der Waals surface area contributed by atoms with Gasteiger partial charge in [-0.3, -0.25) is 4.57 Å². The first-order valence-corrected chi connectivity index (χ1v) is 19.5. The van der Waals surface area contributed by atoms with Gasteiger partial charge in [-0.1, -0.05) is 146 Å². The van der Waals surface area contributed by atoms with Crippen LogP contribution >= 0.6 is 0 Å². The van der Waals surface area contributed by atoms with Crippen LogP contribution in [0.25, 0.3) is 27.8 Å². The van der Waals surface area contributed by atoms with E-state index in [-0.39, 0.29) is 21.1 Å². The zero-order chi connectivity index (χ0) is 31.8. The third kappa shape index (κ3) is 5.21. The van der Waals surface area contributed by atoms with Gasteiger partial charge in [0.05, 0.1) is 16.2 Å². The van der Waals surface area contributed by atoms with Crippen LogP contribution in [0.1, 0.15) is 0 Å². The molecule has 0 saturated heterocycles. The van der Waals surface area contributed by atoms with Gasteiger partial charge >= 0.3 is 16.6 Å². The Morgan fingerprint density at radius 2 is 0.833 bits per heavy atom. The van der Waals surface area contributed by atoms with Gasteiger partial charge in [-0.2, -0.15) is 0 Å². The van der Waals surface area contributed by atoms with Gasteiger partial charge < -0.3 is 9.59 Å². The van der Waals surface area contributed by atoms with Crippen LogP contribution in [-0.4, -0.2) is 40.8 Å². The Bertz CT molecular complexity index is 2260. The van der Waals surface area contributed by atoms with Crippen LogP contribution in [0.3, 0.4) is 0 Å². The summed E-state index contributed by atoms with van der Waals surface area (Å²) in [6.07, 6.45) is 0. The molecule has 8 rings (SSSR count). The molecule has 0 aliphatic heterocycles. The molecule has 0 bridgehead atoms. The van der Waals surface area contributed by atoms with Crippen LogP contribution in [0, 0.1) is 0 Å². The summed E-state index contributed by atoms with van der Waals surface area (Å²) in [6, 6.07) is 57.6. The van der Waals surface area contributed by atoms with Crippen molar-refractivity contribution in [3.8, 4) is 5.82 Å². The quantitative estimate of drug-likeness (QED) is 0.242. The third-order valence-electron chi connectivity index (χ3n) is 8.99. The first kappa shape index (κ1) is 31.8. The van der Waals surface area contributed by atoms with Crippen molar-refractivity contribution in [3.05, 3.63) is 176 Å². The molecule has 3 aromatic heterocycles. The Morgan fingerprint density at radius 3 is 1.33 bits per heavy atom. The van der Waals surface area contributed by atoms with Gasteiger partial charge in [0, 0.05) is 31.8 Å². The Balaban J connectivity index is 0.00000364. The number of nitrogens with zero attached hydrogens (tertiary/aromatic N) is 3. The molecule has 0 saturated carbocycles. The van der Waals surface area contributed by atoms with E-state index in [1.54, 1.807) is 0 Å². The van der Waals surface area contributed by atoms with E-state index < -0.39 is 16.6 Å². The second-order valence-corrected chi connectivity index (χ2v) is 17.9. The van der Waals surface area contributed by atoms with Crippen LogP contribution in [-0.2, 0) is 21.1 Å². The summed E-state index contributed by atoms with van der Waals surface area (Å²) in [4.78, 5) is 36.0. The van der Waals surface area contributed by atoms with Gasteiger partial charge in [-0.05, 0) is 51.1 Å². The Morgan fingerprint density at radius 1 is 0.396 bits per heavy atom. The molecule has 0 atom stereocenters. The summed E-state index contributed by atoms with van der Waals surface area (Å²) in [5.74, 6) is 0.653. The summed E-state index contributed by atoms with van der Waals surface area (Å²) in [7, 11) is -6.94. The molecule has 5 nitrogen and oxygen atoms in total. The molecule has 2 N–H and O–H groups in total. The summed E-state index contributed by atoms with van der Waals surface area (Å²) in [6.45, 7) is 0. The predicted molar refractivity (Wildman–Crippen MR) is 196 cm³/mol. The molecule has 236 valence electrons. The maximum atomic E-state index is 12.7. The van der Waals surface area contributed by atoms with Crippen molar-refractivity contribution in [2.75, 3.05) is 0 Å². The van der Waals surface area contributed by atoms with Crippen molar-refractivity contribution in [1.82, 2.24) is 14.5 Å². The van der Waals surface area contributed by atoms with Crippen molar-refractivity contribution in [3.63, 3.8) is 0 Å². The minimum atomic E-state index is -3.47. The number of hydrogen-bond donors (Lipinski definition) is 2. The summed E-state index contributed by atoms with van der Waals surface area (Å²) in [5, 5.41) is 6.73. The van der Waals surface area contributed by atoms with Gasteiger partial charge in [0.15, 0.2) is 0 Å². The Labute approximate surface area is 295 Å². The monoisotopic (exact) mass is 836 g/mol. The zero-order valence-electron chi connectivity index (χ0n) is 25.8. The van der Waals surface area contributed by atoms with E-state index in [2.05, 4.69) is 22.8 Å². The molecule has 3 heterocycles. The van der Waals surface area contributed by atoms with Crippen LogP contribution < -0.4 is 31.4 Å². The average Bonchev–Trinajstić information content (AvgIpc) is 3.49. The molecule has 0 fully saturated rings. The van der Waals surface area contributed by atoms with Crippen molar-refractivity contribution >= 4 is 70.0 Å². The van der Waals surface area contributed by atoms with E-state index in [0.29, 0.717) is 22.1 Å². The minimum absolute atomic E-state index is 0. The predicted octanol–water partition coefficient (Wildman–Crippen LogP) is 3.49. The first-order valence-electron chi connectivity index (χ1n) is 15.6. The van der Waals surface area contributed by atoms with Gasteiger partial charge in [0.1, 0.15) is 11.5 Å². The number of fused-ring (bicyclic) bond motifs is 3. The van der Waals surface area contributed by atoms with Crippen molar-refractivity contribution in [2.45, 2.75) is 0 Å². The topological polar surface area (TPSA) is 71.2 Å². The number of rotatable bonds is 7. The third-order valence-corrected chi connectivity index (χ3v) is 15.7. The van der Waals surface area contributed by atoms with Crippen molar-refractivity contribution < 1.29 is 30.7 Å². The molecule has 0 radical (unpaired) electrons. The van der Waals surface area contributed by atoms with Crippen LogP contribution in [0.5, 0.6) is 0 Å². The molecule has 0 aliphatic rings. The van der Waals surface area contributed by atoms with Gasteiger partial charge in [-0.25, -0.2) is 9.97 Å². The van der Waals surface area contributed by atoms with E-state index in [4.69, 9.17) is 9.97 Å². The standard InChI is InChI=1S/C40H31N3O2Si2.Pt/c44-46(30-16-5-1-6-17-30,31-18-7-2-8-19-31)38-27-15-26-37(41-38)43-36-25-14-13-24-34(36)35-28-29-39(42-40(35)43)47(45,32-20-9-3-10-21-32)33-22-11-4-12-23-33;/h1-29,44-45H;. The number of aromatic nitrogens is 3. The fourth-order valence-corrected chi connectivity index (χ4v) is 12.4.